The van der Waals surface area contributed by atoms with Gasteiger partial charge in [0, 0.05) is 12.1 Å². The van der Waals surface area contributed by atoms with E-state index in [4.69, 9.17) is 10.9 Å². The second-order valence-corrected chi connectivity index (χ2v) is 5.00. The minimum atomic E-state index is -0.599. The molecule has 2 saturated heterocycles. The molecule has 1 amide bonds. The van der Waals surface area contributed by atoms with Crippen LogP contribution in [0.15, 0.2) is 5.16 Å². The zero-order chi connectivity index (χ0) is 12.6. The SMILES string of the molecule is CC(C(=O)N1C2CCC1CC(O)C2)C(N)=NO. The lowest BCUT2D eigenvalue weighted by molar-refractivity contribution is -0.139. The Morgan fingerprint density at radius 3 is 2.41 bits per heavy atom. The number of fused-ring (bicyclic) bond motifs is 2. The Kier molecular flexibility index (Phi) is 3.24. The molecule has 0 aromatic rings. The van der Waals surface area contributed by atoms with Crippen LogP contribution in [0.4, 0.5) is 0 Å². The van der Waals surface area contributed by atoms with Crippen molar-refractivity contribution < 1.29 is 15.1 Å². The summed E-state index contributed by atoms with van der Waals surface area (Å²) in [4.78, 5) is 14.1. The maximum atomic E-state index is 12.2. The van der Waals surface area contributed by atoms with Crippen molar-refractivity contribution in [3.63, 3.8) is 0 Å². The van der Waals surface area contributed by atoms with E-state index < -0.39 is 5.92 Å². The standard InChI is InChI=1S/C11H19N3O3/c1-6(10(12)13-17)11(16)14-7-2-3-8(14)5-9(15)4-7/h6-9,15,17H,2-5H2,1H3,(H2,12,13). The van der Waals surface area contributed by atoms with Crippen molar-refractivity contribution in [2.75, 3.05) is 0 Å². The number of hydrogen-bond acceptors (Lipinski definition) is 4. The smallest absolute Gasteiger partial charge is 0.233 e. The van der Waals surface area contributed by atoms with Crippen molar-refractivity contribution in [3.8, 4) is 0 Å². The molecule has 17 heavy (non-hydrogen) atoms. The molecule has 3 unspecified atom stereocenters. The number of piperidine rings is 1. The molecule has 2 fully saturated rings. The summed E-state index contributed by atoms with van der Waals surface area (Å²) in [6.45, 7) is 1.64. The number of rotatable bonds is 2. The Morgan fingerprint density at radius 2 is 1.94 bits per heavy atom. The fourth-order valence-electron chi connectivity index (χ4n) is 2.94. The van der Waals surface area contributed by atoms with Crippen molar-refractivity contribution in [1.29, 1.82) is 0 Å². The third-order valence-corrected chi connectivity index (χ3v) is 3.89. The van der Waals surface area contributed by atoms with Gasteiger partial charge in [0.1, 0.15) is 0 Å². The van der Waals surface area contributed by atoms with E-state index in [0.29, 0.717) is 12.8 Å². The highest BCUT2D eigenvalue weighted by atomic mass is 16.4. The van der Waals surface area contributed by atoms with Crippen LogP contribution in [-0.4, -0.2) is 45.1 Å². The summed E-state index contributed by atoms with van der Waals surface area (Å²) < 4.78 is 0. The number of amides is 1. The highest BCUT2D eigenvalue weighted by molar-refractivity contribution is 6.02. The average Bonchev–Trinajstić information content (AvgIpc) is 2.58. The molecule has 2 bridgehead atoms. The van der Waals surface area contributed by atoms with E-state index in [0.717, 1.165) is 12.8 Å². The average molecular weight is 241 g/mol. The van der Waals surface area contributed by atoms with Gasteiger partial charge in [0.15, 0.2) is 5.84 Å². The minimum Gasteiger partial charge on any atom is -0.409 e. The van der Waals surface area contributed by atoms with Crippen LogP contribution in [0, 0.1) is 5.92 Å². The third kappa shape index (κ3) is 2.09. The molecule has 2 aliphatic rings. The topological polar surface area (TPSA) is 99.2 Å². The largest absolute Gasteiger partial charge is 0.409 e. The van der Waals surface area contributed by atoms with Gasteiger partial charge in [-0.25, -0.2) is 0 Å². The third-order valence-electron chi connectivity index (χ3n) is 3.89. The van der Waals surface area contributed by atoms with Crippen LogP contribution >= 0.6 is 0 Å². The van der Waals surface area contributed by atoms with E-state index >= 15 is 0 Å². The molecule has 96 valence electrons. The van der Waals surface area contributed by atoms with E-state index in [1.54, 1.807) is 6.92 Å². The maximum absolute atomic E-state index is 12.2. The molecule has 3 atom stereocenters. The number of aliphatic hydroxyl groups excluding tert-OH is 1. The lowest BCUT2D eigenvalue weighted by atomic mass is 9.97. The van der Waals surface area contributed by atoms with Crippen LogP contribution in [0.1, 0.15) is 32.6 Å². The molecule has 6 heteroatoms. The molecular formula is C11H19N3O3. The van der Waals surface area contributed by atoms with E-state index in [1.807, 2.05) is 4.90 Å². The second kappa shape index (κ2) is 4.52. The molecule has 2 heterocycles. The predicted octanol–water partition coefficient (Wildman–Crippen LogP) is -0.117. The van der Waals surface area contributed by atoms with E-state index in [2.05, 4.69) is 5.16 Å². The van der Waals surface area contributed by atoms with Gasteiger partial charge in [-0.05, 0) is 32.6 Å². The lowest BCUT2D eigenvalue weighted by Gasteiger charge is -2.38. The molecule has 6 nitrogen and oxygen atoms in total. The van der Waals surface area contributed by atoms with Crippen LogP contribution in [0.5, 0.6) is 0 Å². The van der Waals surface area contributed by atoms with E-state index in [1.165, 1.54) is 0 Å². The molecule has 2 aliphatic heterocycles. The van der Waals surface area contributed by atoms with Gasteiger partial charge >= 0.3 is 0 Å². The molecule has 0 spiro atoms. The number of oxime groups is 1. The summed E-state index contributed by atoms with van der Waals surface area (Å²) >= 11 is 0. The number of nitrogens with zero attached hydrogens (tertiary/aromatic N) is 2. The van der Waals surface area contributed by atoms with Gasteiger partial charge in [-0.3, -0.25) is 4.79 Å². The van der Waals surface area contributed by atoms with E-state index in [9.17, 15) is 9.90 Å². The van der Waals surface area contributed by atoms with Gasteiger partial charge in [-0.1, -0.05) is 5.16 Å². The van der Waals surface area contributed by atoms with Gasteiger partial charge in [-0.15, -0.1) is 0 Å². The highest BCUT2D eigenvalue weighted by Gasteiger charge is 2.44. The van der Waals surface area contributed by atoms with Crippen molar-refractivity contribution in [2.24, 2.45) is 16.8 Å². The van der Waals surface area contributed by atoms with Crippen molar-refractivity contribution >= 4 is 11.7 Å². The van der Waals surface area contributed by atoms with Crippen molar-refractivity contribution in [2.45, 2.75) is 50.8 Å². The Balaban J connectivity index is 2.11. The molecule has 0 aromatic heterocycles. The number of nitrogens with two attached hydrogens (primary N) is 1. The molecule has 2 rings (SSSR count). The van der Waals surface area contributed by atoms with Gasteiger partial charge in [0.05, 0.1) is 12.0 Å². The molecule has 0 aromatic carbocycles. The fraction of sp³-hybridized carbons (Fsp3) is 0.818. The highest BCUT2D eigenvalue weighted by Crippen LogP contribution is 2.36. The lowest BCUT2D eigenvalue weighted by Crippen LogP contribution is -2.51. The van der Waals surface area contributed by atoms with E-state index in [-0.39, 0.29) is 29.9 Å². The molecule has 0 radical (unpaired) electrons. The van der Waals surface area contributed by atoms with Crippen LogP contribution in [0.25, 0.3) is 0 Å². The first-order valence-corrected chi connectivity index (χ1v) is 6.02. The number of carbonyl (C=O) groups is 1. The van der Waals surface area contributed by atoms with Crippen LogP contribution in [0.2, 0.25) is 0 Å². The zero-order valence-corrected chi connectivity index (χ0v) is 9.91. The van der Waals surface area contributed by atoms with Gasteiger partial charge < -0.3 is 20.9 Å². The second-order valence-electron chi connectivity index (χ2n) is 5.00. The molecule has 4 N–H and O–H groups in total. The number of aliphatic hydroxyl groups is 1. The Bertz CT molecular complexity index is 331. The van der Waals surface area contributed by atoms with Crippen molar-refractivity contribution in [3.05, 3.63) is 0 Å². The minimum absolute atomic E-state index is 0.0551. The monoisotopic (exact) mass is 241 g/mol. The Labute approximate surface area is 100 Å². The number of amidine groups is 1. The summed E-state index contributed by atoms with van der Waals surface area (Å²) in [6.07, 6.45) is 2.87. The molecular weight excluding hydrogens is 222 g/mol. The summed E-state index contributed by atoms with van der Waals surface area (Å²) in [5.74, 6) is -0.751. The summed E-state index contributed by atoms with van der Waals surface area (Å²) in [5.41, 5.74) is 5.47. The molecule has 0 saturated carbocycles. The van der Waals surface area contributed by atoms with Gasteiger partial charge in [0.25, 0.3) is 0 Å². The summed E-state index contributed by atoms with van der Waals surface area (Å²) in [5, 5.41) is 21.1. The first-order chi connectivity index (χ1) is 8.04. The van der Waals surface area contributed by atoms with Crippen LogP contribution in [-0.2, 0) is 4.79 Å². The number of carbonyl (C=O) groups excluding carboxylic acids is 1. The predicted molar refractivity (Wildman–Crippen MR) is 61.5 cm³/mol. The van der Waals surface area contributed by atoms with Gasteiger partial charge in [-0.2, -0.15) is 0 Å². The quantitative estimate of drug-likeness (QED) is 0.272. The van der Waals surface area contributed by atoms with Gasteiger partial charge in [0.2, 0.25) is 5.91 Å². The first-order valence-electron chi connectivity index (χ1n) is 6.02. The summed E-state index contributed by atoms with van der Waals surface area (Å²) in [6, 6.07) is 0.232. The molecule has 0 aliphatic carbocycles. The normalized spacial score (nSPS) is 34.8. The Hall–Kier alpha value is -1.30. The van der Waals surface area contributed by atoms with Crippen LogP contribution < -0.4 is 5.73 Å². The van der Waals surface area contributed by atoms with Crippen LogP contribution in [0.3, 0.4) is 0 Å². The zero-order valence-electron chi connectivity index (χ0n) is 9.91. The summed E-state index contributed by atoms with van der Waals surface area (Å²) in [7, 11) is 0. The van der Waals surface area contributed by atoms with Crippen molar-refractivity contribution in [1.82, 2.24) is 4.90 Å². The Morgan fingerprint density at radius 1 is 1.41 bits per heavy atom. The fourth-order valence-corrected chi connectivity index (χ4v) is 2.94. The number of hydrogen-bond donors (Lipinski definition) is 3. The first kappa shape index (κ1) is 12.2. The maximum Gasteiger partial charge on any atom is 0.233 e.